The standard InChI is InChI=1S/C18H26N6/c1-12(19)8-16(20)9-15-6-7-24(10-15)13(2)4-5-17-14(3)18(21)23-11-22-17/h4-5,8,11,15,20H,2,6-7,9-10,19H2,1,3H3,(H2,21,22,23)/b5-4-,12-8?,20-16?. The Kier molecular flexibility index (Phi) is 5.73. The normalized spacial score (nSPS) is 18.3. The number of hydrogen-bond acceptors (Lipinski definition) is 6. The SMILES string of the molecule is C=C(/C=C\c1ncnc(N)c1C)N1CCC(CC(=N)C=C(C)N)C1. The number of nitrogens with zero attached hydrogens (tertiary/aromatic N) is 3. The van der Waals surface area contributed by atoms with E-state index in [1.54, 1.807) is 6.08 Å². The zero-order chi connectivity index (χ0) is 17.7. The summed E-state index contributed by atoms with van der Waals surface area (Å²) in [5, 5.41) is 7.96. The van der Waals surface area contributed by atoms with Crippen LogP contribution in [0.25, 0.3) is 6.08 Å². The van der Waals surface area contributed by atoms with Crippen LogP contribution in [0.2, 0.25) is 0 Å². The van der Waals surface area contributed by atoms with Gasteiger partial charge in [0, 0.05) is 35.8 Å². The highest BCUT2D eigenvalue weighted by atomic mass is 15.2. The fourth-order valence-electron chi connectivity index (χ4n) is 2.83. The summed E-state index contributed by atoms with van der Waals surface area (Å²) in [6.07, 6.45) is 8.91. The van der Waals surface area contributed by atoms with E-state index in [-0.39, 0.29) is 0 Å². The molecule has 0 saturated carbocycles. The fourth-order valence-corrected chi connectivity index (χ4v) is 2.83. The van der Waals surface area contributed by atoms with Crippen LogP contribution in [0, 0.1) is 18.3 Å². The molecule has 1 aliphatic rings. The summed E-state index contributed by atoms with van der Waals surface area (Å²) < 4.78 is 0. The summed E-state index contributed by atoms with van der Waals surface area (Å²) in [6.45, 7) is 9.73. The lowest BCUT2D eigenvalue weighted by Crippen LogP contribution is -2.19. The van der Waals surface area contributed by atoms with Crippen molar-refractivity contribution in [3.63, 3.8) is 0 Å². The van der Waals surface area contributed by atoms with Crippen LogP contribution in [-0.2, 0) is 0 Å². The number of nitrogens with one attached hydrogen (secondary N) is 1. The van der Waals surface area contributed by atoms with Gasteiger partial charge in [0.15, 0.2) is 0 Å². The topological polar surface area (TPSA) is 105 Å². The maximum Gasteiger partial charge on any atom is 0.130 e. The number of likely N-dealkylation sites (tertiary alicyclic amines) is 1. The number of aromatic nitrogens is 2. The Morgan fingerprint density at radius 1 is 1.50 bits per heavy atom. The molecule has 1 aliphatic heterocycles. The van der Waals surface area contributed by atoms with Gasteiger partial charge in [0.2, 0.25) is 0 Å². The summed E-state index contributed by atoms with van der Waals surface area (Å²) >= 11 is 0. The maximum atomic E-state index is 7.96. The van der Waals surface area contributed by atoms with Crippen molar-refractivity contribution in [1.29, 1.82) is 5.41 Å². The van der Waals surface area contributed by atoms with Crippen molar-refractivity contribution in [2.24, 2.45) is 11.7 Å². The second kappa shape index (κ2) is 7.77. The average molecular weight is 326 g/mol. The molecule has 0 radical (unpaired) electrons. The van der Waals surface area contributed by atoms with Gasteiger partial charge in [-0.3, -0.25) is 0 Å². The van der Waals surface area contributed by atoms with E-state index in [1.807, 2.05) is 26.0 Å². The van der Waals surface area contributed by atoms with Crippen LogP contribution in [0.3, 0.4) is 0 Å². The van der Waals surface area contributed by atoms with E-state index in [0.29, 0.717) is 23.1 Å². The number of nitrogen functional groups attached to an aromatic ring is 1. The average Bonchev–Trinajstić information content (AvgIpc) is 2.96. The molecule has 0 amide bonds. The second-order valence-electron chi connectivity index (χ2n) is 6.31. The Bertz CT molecular complexity index is 685. The maximum absolute atomic E-state index is 7.96. The molecule has 1 fully saturated rings. The van der Waals surface area contributed by atoms with Crippen molar-refractivity contribution in [1.82, 2.24) is 14.9 Å². The van der Waals surface area contributed by atoms with Gasteiger partial charge in [-0.25, -0.2) is 9.97 Å². The summed E-state index contributed by atoms with van der Waals surface area (Å²) in [6, 6.07) is 0. The Morgan fingerprint density at radius 2 is 2.25 bits per heavy atom. The highest BCUT2D eigenvalue weighted by Crippen LogP contribution is 2.24. The first-order valence-electron chi connectivity index (χ1n) is 8.07. The third kappa shape index (κ3) is 4.68. The minimum absolute atomic E-state index is 0.467. The lowest BCUT2D eigenvalue weighted by molar-refractivity contribution is 0.420. The summed E-state index contributed by atoms with van der Waals surface area (Å²) in [5.41, 5.74) is 15.3. The lowest BCUT2D eigenvalue weighted by Gasteiger charge is -2.18. The number of anilines is 1. The molecular formula is C18H26N6. The first-order valence-corrected chi connectivity index (χ1v) is 8.07. The molecule has 5 N–H and O–H groups in total. The van der Waals surface area contributed by atoms with Crippen LogP contribution >= 0.6 is 0 Å². The van der Waals surface area contributed by atoms with Gasteiger partial charge in [-0.2, -0.15) is 0 Å². The minimum Gasteiger partial charge on any atom is -0.402 e. The molecule has 1 aromatic heterocycles. The first-order chi connectivity index (χ1) is 11.4. The minimum atomic E-state index is 0.467. The summed E-state index contributed by atoms with van der Waals surface area (Å²) in [4.78, 5) is 10.4. The van der Waals surface area contributed by atoms with Gasteiger partial charge >= 0.3 is 0 Å². The molecule has 0 aromatic carbocycles. The van der Waals surface area contributed by atoms with E-state index in [9.17, 15) is 0 Å². The van der Waals surface area contributed by atoms with E-state index < -0.39 is 0 Å². The van der Waals surface area contributed by atoms with Crippen molar-refractivity contribution < 1.29 is 0 Å². The highest BCUT2D eigenvalue weighted by Gasteiger charge is 2.23. The smallest absolute Gasteiger partial charge is 0.130 e. The van der Waals surface area contributed by atoms with Gasteiger partial charge in [-0.15, -0.1) is 0 Å². The molecular weight excluding hydrogens is 300 g/mol. The van der Waals surface area contributed by atoms with Crippen molar-refractivity contribution >= 4 is 17.6 Å². The molecule has 0 aliphatic carbocycles. The van der Waals surface area contributed by atoms with Gasteiger partial charge in [0.1, 0.15) is 12.1 Å². The molecule has 1 saturated heterocycles. The van der Waals surface area contributed by atoms with Crippen molar-refractivity contribution in [3.8, 4) is 0 Å². The third-order valence-corrected chi connectivity index (χ3v) is 4.20. The summed E-state index contributed by atoms with van der Waals surface area (Å²) in [7, 11) is 0. The Hall–Kier alpha value is -2.63. The van der Waals surface area contributed by atoms with Crippen LogP contribution in [0.15, 0.2) is 36.5 Å². The second-order valence-corrected chi connectivity index (χ2v) is 6.31. The third-order valence-electron chi connectivity index (χ3n) is 4.20. The summed E-state index contributed by atoms with van der Waals surface area (Å²) in [5.74, 6) is 0.966. The van der Waals surface area contributed by atoms with Gasteiger partial charge < -0.3 is 21.8 Å². The Morgan fingerprint density at radius 3 is 2.96 bits per heavy atom. The largest absolute Gasteiger partial charge is 0.402 e. The monoisotopic (exact) mass is 326 g/mol. The van der Waals surface area contributed by atoms with Crippen molar-refractivity contribution in [3.05, 3.63) is 47.7 Å². The molecule has 128 valence electrons. The van der Waals surface area contributed by atoms with Crippen LogP contribution in [0.4, 0.5) is 5.82 Å². The van der Waals surface area contributed by atoms with Crippen LogP contribution in [-0.4, -0.2) is 33.7 Å². The molecule has 1 aromatic rings. The molecule has 2 rings (SSSR count). The molecule has 24 heavy (non-hydrogen) atoms. The fraction of sp³-hybridized carbons (Fsp3) is 0.389. The molecule has 1 unspecified atom stereocenters. The van der Waals surface area contributed by atoms with E-state index in [0.717, 1.165) is 42.9 Å². The number of nitrogens with two attached hydrogens (primary N) is 2. The lowest BCUT2D eigenvalue weighted by atomic mass is 10.0. The van der Waals surface area contributed by atoms with Crippen LogP contribution in [0.1, 0.15) is 31.0 Å². The highest BCUT2D eigenvalue weighted by molar-refractivity contribution is 5.92. The molecule has 1 atom stereocenters. The van der Waals surface area contributed by atoms with Crippen LogP contribution < -0.4 is 11.5 Å². The quantitative estimate of drug-likeness (QED) is 0.550. The van der Waals surface area contributed by atoms with Crippen LogP contribution in [0.5, 0.6) is 0 Å². The van der Waals surface area contributed by atoms with E-state index in [1.165, 1.54) is 6.33 Å². The van der Waals surface area contributed by atoms with E-state index in [4.69, 9.17) is 16.9 Å². The predicted octanol–water partition coefficient (Wildman–Crippen LogP) is 2.49. The van der Waals surface area contributed by atoms with Crippen molar-refractivity contribution in [2.75, 3.05) is 18.8 Å². The van der Waals surface area contributed by atoms with Crippen molar-refractivity contribution in [2.45, 2.75) is 26.7 Å². The predicted molar refractivity (Wildman–Crippen MR) is 99.3 cm³/mol. The molecule has 0 spiro atoms. The number of allylic oxidation sites excluding steroid dienone is 3. The number of hydrogen-bond donors (Lipinski definition) is 3. The molecule has 2 heterocycles. The Balaban J connectivity index is 1.92. The van der Waals surface area contributed by atoms with Gasteiger partial charge in [-0.05, 0) is 50.8 Å². The molecule has 6 nitrogen and oxygen atoms in total. The first kappa shape index (κ1) is 17.7. The zero-order valence-corrected chi connectivity index (χ0v) is 14.4. The van der Waals surface area contributed by atoms with Gasteiger partial charge in [0.05, 0.1) is 5.69 Å². The van der Waals surface area contributed by atoms with Gasteiger partial charge in [0.25, 0.3) is 0 Å². The Labute approximate surface area is 143 Å². The van der Waals surface area contributed by atoms with E-state index in [2.05, 4.69) is 21.4 Å². The number of rotatable bonds is 6. The van der Waals surface area contributed by atoms with Gasteiger partial charge in [-0.1, -0.05) is 6.58 Å². The zero-order valence-electron chi connectivity index (χ0n) is 14.4. The molecule has 6 heteroatoms. The van der Waals surface area contributed by atoms with E-state index >= 15 is 0 Å². The molecule has 0 bridgehead atoms.